The molecule has 0 radical (unpaired) electrons. The van der Waals surface area contributed by atoms with Crippen LogP contribution in [0.4, 0.5) is 5.13 Å². The standard InChI is InChI=1S/C16H28N4S/c1-11(2)17-8-15-13(4)18-16(21-15)20-10-14-6-5-7-19(14)9-12(20)3/h11-12,14,17H,5-10H2,1-4H3. The van der Waals surface area contributed by atoms with Gasteiger partial charge in [-0.25, -0.2) is 4.98 Å². The molecule has 0 saturated carbocycles. The number of hydrogen-bond donors (Lipinski definition) is 1. The van der Waals surface area contributed by atoms with E-state index in [1.807, 2.05) is 11.3 Å². The molecule has 0 bridgehead atoms. The predicted octanol–water partition coefficient (Wildman–Crippen LogP) is 2.62. The van der Waals surface area contributed by atoms with Crippen molar-refractivity contribution in [2.24, 2.45) is 0 Å². The summed E-state index contributed by atoms with van der Waals surface area (Å²) in [5.41, 5.74) is 1.20. The van der Waals surface area contributed by atoms with Crippen LogP contribution < -0.4 is 10.2 Å². The van der Waals surface area contributed by atoms with Crippen molar-refractivity contribution in [1.82, 2.24) is 15.2 Å². The van der Waals surface area contributed by atoms with Crippen LogP contribution in [0.3, 0.4) is 0 Å². The van der Waals surface area contributed by atoms with E-state index in [9.17, 15) is 0 Å². The number of nitrogens with zero attached hydrogens (tertiary/aromatic N) is 3. The zero-order valence-corrected chi connectivity index (χ0v) is 14.5. The van der Waals surface area contributed by atoms with Crippen LogP contribution in [-0.4, -0.2) is 47.6 Å². The fourth-order valence-electron chi connectivity index (χ4n) is 3.45. The van der Waals surface area contributed by atoms with Gasteiger partial charge in [0, 0.05) is 42.6 Å². The van der Waals surface area contributed by atoms with E-state index in [1.54, 1.807) is 0 Å². The summed E-state index contributed by atoms with van der Waals surface area (Å²) in [6.07, 6.45) is 2.72. The van der Waals surface area contributed by atoms with Crippen molar-refractivity contribution in [2.75, 3.05) is 24.5 Å². The highest BCUT2D eigenvalue weighted by atomic mass is 32.1. The van der Waals surface area contributed by atoms with Crippen molar-refractivity contribution in [3.63, 3.8) is 0 Å². The summed E-state index contributed by atoms with van der Waals surface area (Å²) in [7, 11) is 0. The Hall–Kier alpha value is -0.650. The number of thiazole rings is 1. The molecule has 0 aliphatic carbocycles. The molecule has 4 nitrogen and oxygen atoms in total. The number of hydrogen-bond acceptors (Lipinski definition) is 5. The van der Waals surface area contributed by atoms with Gasteiger partial charge in [-0.05, 0) is 33.2 Å². The number of rotatable bonds is 4. The fourth-order valence-corrected chi connectivity index (χ4v) is 4.57. The molecule has 3 heterocycles. The smallest absolute Gasteiger partial charge is 0.186 e. The molecule has 3 rings (SSSR count). The molecule has 118 valence electrons. The van der Waals surface area contributed by atoms with Gasteiger partial charge >= 0.3 is 0 Å². The zero-order chi connectivity index (χ0) is 15.0. The number of nitrogens with one attached hydrogen (secondary N) is 1. The topological polar surface area (TPSA) is 31.4 Å². The molecule has 2 fully saturated rings. The molecular weight excluding hydrogens is 280 g/mol. The molecule has 2 unspecified atom stereocenters. The largest absolute Gasteiger partial charge is 0.343 e. The van der Waals surface area contributed by atoms with Crippen molar-refractivity contribution >= 4 is 16.5 Å². The minimum Gasteiger partial charge on any atom is -0.343 e. The lowest BCUT2D eigenvalue weighted by atomic mass is 10.1. The third-order valence-electron chi connectivity index (χ3n) is 4.74. The first-order valence-corrected chi connectivity index (χ1v) is 9.06. The maximum absolute atomic E-state index is 4.86. The first kappa shape index (κ1) is 15.3. The van der Waals surface area contributed by atoms with Crippen molar-refractivity contribution in [2.45, 2.75) is 65.2 Å². The molecule has 5 heteroatoms. The van der Waals surface area contributed by atoms with Gasteiger partial charge in [0.25, 0.3) is 0 Å². The molecule has 1 N–H and O–H groups in total. The second-order valence-corrected chi connectivity index (χ2v) is 7.90. The fraction of sp³-hybridized carbons (Fsp3) is 0.812. The van der Waals surface area contributed by atoms with Gasteiger partial charge < -0.3 is 10.2 Å². The number of anilines is 1. The molecule has 0 aromatic carbocycles. The number of aromatic nitrogens is 1. The van der Waals surface area contributed by atoms with Crippen molar-refractivity contribution in [3.8, 4) is 0 Å². The maximum atomic E-state index is 4.86. The highest BCUT2D eigenvalue weighted by molar-refractivity contribution is 7.15. The Balaban J connectivity index is 1.72. The maximum Gasteiger partial charge on any atom is 0.186 e. The summed E-state index contributed by atoms with van der Waals surface area (Å²) in [5, 5.41) is 4.74. The Morgan fingerprint density at radius 1 is 1.38 bits per heavy atom. The molecule has 0 spiro atoms. The predicted molar refractivity (Wildman–Crippen MR) is 90.2 cm³/mol. The van der Waals surface area contributed by atoms with Crippen LogP contribution in [0.2, 0.25) is 0 Å². The summed E-state index contributed by atoms with van der Waals surface area (Å²) in [6.45, 7) is 13.5. The average Bonchev–Trinajstić information content (AvgIpc) is 3.01. The highest BCUT2D eigenvalue weighted by Gasteiger charge is 2.35. The summed E-state index contributed by atoms with van der Waals surface area (Å²) in [6, 6.07) is 1.86. The van der Waals surface area contributed by atoms with Crippen LogP contribution in [0.5, 0.6) is 0 Å². The monoisotopic (exact) mass is 308 g/mol. The summed E-state index contributed by atoms with van der Waals surface area (Å²) < 4.78 is 0. The molecule has 0 amide bonds. The van der Waals surface area contributed by atoms with E-state index in [0.29, 0.717) is 12.1 Å². The van der Waals surface area contributed by atoms with Gasteiger partial charge in [-0.3, -0.25) is 4.90 Å². The van der Waals surface area contributed by atoms with Crippen molar-refractivity contribution in [3.05, 3.63) is 10.6 Å². The molecule has 2 atom stereocenters. The molecule has 21 heavy (non-hydrogen) atoms. The Bertz CT molecular complexity index is 485. The van der Waals surface area contributed by atoms with Gasteiger partial charge in [-0.15, -0.1) is 11.3 Å². The summed E-state index contributed by atoms with van der Waals surface area (Å²) >= 11 is 1.88. The van der Waals surface area contributed by atoms with E-state index in [4.69, 9.17) is 4.98 Å². The number of aryl methyl sites for hydroxylation is 1. The van der Waals surface area contributed by atoms with Crippen LogP contribution in [0.25, 0.3) is 0 Å². The van der Waals surface area contributed by atoms with Gasteiger partial charge in [-0.2, -0.15) is 0 Å². The van der Waals surface area contributed by atoms with E-state index in [2.05, 4.69) is 42.8 Å². The minimum atomic E-state index is 0.524. The lowest BCUT2D eigenvalue weighted by molar-refractivity contribution is 0.203. The molecule has 1 aromatic heterocycles. The molecule has 2 saturated heterocycles. The van der Waals surface area contributed by atoms with Gasteiger partial charge in [-0.1, -0.05) is 13.8 Å². The van der Waals surface area contributed by atoms with Crippen LogP contribution >= 0.6 is 11.3 Å². The van der Waals surface area contributed by atoms with E-state index >= 15 is 0 Å². The molecule has 1 aromatic rings. The molecule has 2 aliphatic rings. The van der Waals surface area contributed by atoms with Crippen LogP contribution in [0.1, 0.15) is 44.2 Å². The Kier molecular flexibility index (Phi) is 4.52. The molecule has 2 aliphatic heterocycles. The number of fused-ring (bicyclic) bond motifs is 1. The lowest BCUT2D eigenvalue weighted by Gasteiger charge is -2.42. The number of piperazine rings is 1. The summed E-state index contributed by atoms with van der Waals surface area (Å²) in [5.74, 6) is 0. The van der Waals surface area contributed by atoms with Crippen LogP contribution in [0, 0.1) is 6.92 Å². The zero-order valence-electron chi connectivity index (χ0n) is 13.7. The van der Waals surface area contributed by atoms with E-state index in [-0.39, 0.29) is 0 Å². The van der Waals surface area contributed by atoms with E-state index in [0.717, 1.165) is 19.1 Å². The first-order chi connectivity index (χ1) is 10.0. The minimum absolute atomic E-state index is 0.524. The van der Waals surface area contributed by atoms with Crippen molar-refractivity contribution in [1.29, 1.82) is 0 Å². The average molecular weight is 308 g/mol. The second-order valence-electron chi connectivity index (χ2n) is 6.83. The van der Waals surface area contributed by atoms with Crippen LogP contribution in [0.15, 0.2) is 0 Å². The Morgan fingerprint density at radius 3 is 2.95 bits per heavy atom. The van der Waals surface area contributed by atoms with Gasteiger partial charge in [0.2, 0.25) is 0 Å². The quantitative estimate of drug-likeness (QED) is 0.926. The lowest BCUT2D eigenvalue weighted by Crippen LogP contribution is -2.55. The second kappa shape index (κ2) is 6.23. The molecular formula is C16H28N4S. The van der Waals surface area contributed by atoms with Gasteiger partial charge in [0.05, 0.1) is 5.69 Å². The van der Waals surface area contributed by atoms with Gasteiger partial charge in [0.15, 0.2) is 5.13 Å². The van der Waals surface area contributed by atoms with Crippen molar-refractivity contribution < 1.29 is 0 Å². The van der Waals surface area contributed by atoms with E-state index in [1.165, 1.54) is 41.6 Å². The third-order valence-corrected chi connectivity index (χ3v) is 5.93. The highest BCUT2D eigenvalue weighted by Crippen LogP contribution is 2.32. The third kappa shape index (κ3) is 3.25. The SMILES string of the molecule is Cc1nc(N2CC3CCCN3CC2C)sc1CNC(C)C. The summed E-state index contributed by atoms with van der Waals surface area (Å²) in [4.78, 5) is 11.5. The Labute approximate surface area is 132 Å². The van der Waals surface area contributed by atoms with Gasteiger partial charge in [0.1, 0.15) is 0 Å². The normalized spacial score (nSPS) is 26.6. The first-order valence-electron chi connectivity index (χ1n) is 8.25. The van der Waals surface area contributed by atoms with Crippen LogP contribution in [-0.2, 0) is 6.54 Å². The Morgan fingerprint density at radius 2 is 2.19 bits per heavy atom. The van der Waals surface area contributed by atoms with E-state index < -0.39 is 0 Å².